The molecule has 2 aromatic carbocycles. The average molecular weight is 332 g/mol. The van der Waals surface area contributed by atoms with Crippen molar-refractivity contribution in [2.45, 2.75) is 25.5 Å². The van der Waals surface area contributed by atoms with Crippen LogP contribution in [-0.2, 0) is 17.7 Å². The van der Waals surface area contributed by atoms with Gasteiger partial charge in [0.05, 0.1) is 19.0 Å². The van der Waals surface area contributed by atoms with E-state index in [1.165, 1.54) is 11.1 Å². The molecule has 1 heterocycles. The summed E-state index contributed by atoms with van der Waals surface area (Å²) in [5.74, 6) is 0. The first-order chi connectivity index (χ1) is 12.4. The van der Waals surface area contributed by atoms with Crippen molar-refractivity contribution >= 4 is 6.08 Å². The van der Waals surface area contributed by atoms with Crippen LogP contribution >= 0.6 is 0 Å². The maximum Gasteiger partial charge on any atom is 0.0946 e. The summed E-state index contributed by atoms with van der Waals surface area (Å²) in [6.07, 6.45) is 12.0. The van der Waals surface area contributed by atoms with Gasteiger partial charge >= 0.3 is 0 Å². The fourth-order valence-corrected chi connectivity index (χ4v) is 2.71. The van der Waals surface area contributed by atoms with E-state index in [1.54, 1.807) is 6.20 Å². The Hall–Kier alpha value is -2.65. The van der Waals surface area contributed by atoms with Crippen molar-refractivity contribution in [2.24, 2.45) is 0 Å². The van der Waals surface area contributed by atoms with Gasteiger partial charge in [-0.05, 0) is 24.0 Å². The molecule has 1 aromatic heterocycles. The molecule has 0 radical (unpaired) electrons. The smallest absolute Gasteiger partial charge is 0.0946 e. The number of imidazole rings is 1. The lowest BCUT2D eigenvalue weighted by atomic mass is 10.1. The maximum atomic E-state index is 6.12. The van der Waals surface area contributed by atoms with Gasteiger partial charge in [0.2, 0.25) is 0 Å². The summed E-state index contributed by atoms with van der Waals surface area (Å²) in [7, 11) is 0. The molecule has 0 fully saturated rings. The normalized spacial score (nSPS) is 12.5. The first kappa shape index (κ1) is 17.2. The summed E-state index contributed by atoms with van der Waals surface area (Å²) in [5, 5.41) is 0. The number of hydrogen-bond donors (Lipinski definition) is 0. The van der Waals surface area contributed by atoms with Crippen LogP contribution in [0.15, 0.2) is 85.5 Å². The van der Waals surface area contributed by atoms with E-state index in [9.17, 15) is 0 Å². The van der Waals surface area contributed by atoms with Crippen molar-refractivity contribution in [1.82, 2.24) is 9.55 Å². The summed E-state index contributed by atoms with van der Waals surface area (Å²) < 4.78 is 8.18. The Labute approximate surface area is 149 Å². The number of ether oxygens (including phenoxy) is 1. The van der Waals surface area contributed by atoms with E-state index in [-0.39, 0.29) is 6.10 Å². The summed E-state index contributed by atoms with van der Waals surface area (Å²) >= 11 is 0. The van der Waals surface area contributed by atoms with Gasteiger partial charge in [-0.25, -0.2) is 4.98 Å². The van der Waals surface area contributed by atoms with Crippen LogP contribution in [0.3, 0.4) is 0 Å². The third-order valence-corrected chi connectivity index (χ3v) is 4.04. The molecular weight excluding hydrogens is 308 g/mol. The first-order valence-electron chi connectivity index (χ1n) is 8.75. The van der Waals surface area contributed by atoms with Crippen molar-refractivity contribution in [3.63, 3.8) is 0 Å². The monoisotopic (exact) mass is 332 g/mol. The molecule has 128 valence electrons. The molecule has 0 N–H and O–H groups in total. The second-order valence-corrected chi connectivity index (χ2v) is 6.03. The van der Waals surface area contributed by atoms with Gasteiger partial charge in [-0.1, -0.05) is 72.8 Å². The molecule has 25 heavy (non-hydrogen) atoms. The van der Waals surface area contributed by atoms with Gasteiger partial charge in [-0.3, -0.25) is 0 Å². The van der Waals surface area contributed by atoms with Gasteiger partial charge in [0, 0.05) is 19.0 Å². The molecule has 0 saturated heterocycles. The topological polar surface area (TPSA) is 27.1 Å². The molecule has 0 aliphatic rings. The highest BCUT2D eigenvalue weighted by molar-refractivity contribution is 5.49. The van der Waals surface area contributed by atoms with Crippen LogP contribution in [0.5, 0.6) is 0 Å². The Morgan fingerprint density at radius 3 is 2.48 bits per heavy atom. The molecule has 3 aromatic rings. The molecule has 0 bridgehead atoms. The fraction of sp³-hybridized carbons (Fsp3) is 0.227. The lowest BCUT2D eigenvalue weighted by Gasteiger charge is -2.15. The number of rotatable bonds is 9. The predicted molar refractivity (Wildman–Crippen MR) is 102 cm³/mol. The molecule has 3 heteroatoms. The van der Waals surface area contributed by atoms with E-state index in [0.717, 1.165) is 26.0 Å². The first-order valence-corrected chi connectivity index (χ1v) is 8.75. The van der Waals surface area contributed by atoms with E-state index in [1.807, 2.05) is 30.7 Å². The molecule has 0 saturated carbocycles. The number of aryl methyl sites for hydroxylation is 1. The zero-order valence-corrected chi connectivity index (χ0v) is 14.4. The van der Waals surface area contributed by atoms with E-state index in [4.69, 9.17) is 4.74 Å². The summed E-state index contributed by atoms with van der Waals surface area (Å²) in [6.45, 7) is 1.52. The van der Waals surface area contributed by atoms with Crippen molar-refractivity contribution in [1.29, 1.82) is 0 Å². The summed E-state index contributed by atoms with van der Waals surface area (Å²) in [4.78, 5) is 4.11. The summed E-state index contributed by atoms with van der Waals surface area (Å²) in [5.41, 5.74) is 2.54. The molecule has 1 unspecified atom stereocenters. The second-order valence-electron chi connectivity index (χ2n) is 6.03. The maximum absolute atomic E-state index is 6.12. The van der Waals surface area contributed by atoms with Crippen LogP contribution in [-0.4, -0.2) is 22.3 Å². The summed E-state index contributed by atoms with van der Waals surface area (Å²) in [6, 6.07) is 20.9. The predicted octanol–water partition coefficient (Wildman–Crippen LogP) is 4.61. The minimum atomic E-state index is 0.0326. The zero-order chi connectivity index (χ0) is 17.2. The van der Waals surface area contributed by atoms with Crippen LogP contribution in [0.1, 0.15) is 17.5 Å². The SMILES string of the molecule is C(=C\C(Cn1ccnc1)OCCCc1ccccc1)/c1ccccc1. The quantitative estimate of drug-likeness (QED) is 0.535. The Morgan fingerprint density at radius 2 is 1.76 bits per heavy atom. The number of benzene rings is 2. The highest BCUT2D eigenvalue weighted by Gasteiger charge is 2.06. The molecule has 0 spiro atoms. The number of aromatic nitrogens is 2. The highest BCUT2D eigenvalue weighted by atomic mass is 16.5. The Morgan fingerprint density at radius 1 is 1.00 bits per heavy atom. The van der Waals surface area contributed by atoms with Crippen LogP contribution in [0.2, 0.25) is 0 Å². The molecule has 0 aliphatic carbocycles. The van der Waals surface area contributed by atoms with Crippen LogP contribution < -0.4 is 0 Å². The number of nitrogens with zero attached hydrogens (tertiary/aromatic N) is 2. The number of hydrogen-bond acceptors (Lipinski definition) is 2. The van der Waals surface area contributed by atoms with E-state index in [0.29, 0.717) is 0 Å². The van der Waals surface area contributed by atoms with Crippen LogP contribution in [0.4, 0.5) is 0 Å². The largest absolute Gasteiger partial charge is 0.372 e. The van der Waals surface area contributed by atoms with Gasteiger partial charge in [0.25, 0.3) is 0 Å². The second kappa shape index (κ2) is 9.60. The van der Waals surface area contributed by atoms with Crippen molar-refractivity contribution in [2.75, 3.05) is 6.61 Å². The third-order valence-electron chi connectivity index (χ3n) is 4.04. The zero-order valence-electron chi connectivity index (χ0n) is 14.4. The van der Waals surface area contributed by atoms with Crippen molar-refractivity contribution in [3.05, 3.63) is 96.6 Å². The average Bonchev–Trinajstić information content (AvgIpc) is 3.18. The lowest BCUT2D eigenvalue weighted by molar-refractivity contribution is 0.0724. The molecule has 3 nitrogen and oxygen atoms in total. The van der Waals surface area contributed by atoms with Crippen LogP contribution in [0, 0.1) is 0 Å². The highest BCUT2D eigenvalue weighted by Crippen LogP contribution is 2.08. The van der Waals surface area contributed by atoms with Gasteiger partial charge in [-0.15, -0.1) is 0 Å². The van der Waals surface area contributed by atoms with Crippen molar-refractivity contribution < 1.29 is 4.74 Å². The van der Waals surface area contributed by atoms with Gasteiger partial charge < -0.3 is 9.30 Å². The molecule has 0 amide bonds. The minimum absolute atomic E-state index is 0.0326. The van der Waals surface area contributed by atoms with E-state index < -0.39 is 0 Å². The molecule has 1 atom stereocenters. The van der Waals surface area contributed by atoms with E-state index in [2.05, 4.69) is 64.2 Å². The molecule has 3 rings (SSSR count). The van der Waals surface area contributed by atoms with Gasteiger partial charge in [0.1, 0.15) is 0 Å². The van der Waals surface area contributed by atoms with Crippen LogP contribution in [0.25, 0.3) is 6.08 Å². The Kier molecular flexibility index (Phi) is 6.60. The molecule has 0 aliphatic heterocycles. The lowest BCUT2D eigenvalue weighted by Crippen LogP contribution is -2.18. The van der Waals surface area contributed by atoms with Gasteiger partial charge in [-0.2, -0.15) is 0 Å². The standard InChI is InChI=1S/C22H24N2O/c1-3-8-20(9-4-1)12-7-17-25-22(18-24-16-15-23-19-24)14-13-21-10-5-2-6-11-21/h1-6,8-11,13-16,19,22H,7,12,17-18H2/b14-13+. The van der Waals surface area contributed by atoms with E-state index >= 15 is 0 Å². The van der Waals surface area contributed by atoms with Crippen molar-refractivity contribution in [3.8, 4) is 0 Å². The Balaban J connectivity index is 1.53. The fourth-order valence-electron chi connectivity index (χ4n) is 2.71. The Bertz CT molecular complexity index is 736. The molecular formula is C22H24N2O. The van der Waals surface area contributed by atoms with Gasteiger partial charge in [0.15, 0.2) is 0 Å². The third kappa shape index (κ3) is 6.05. The minimum Gasteiger partial charge on any atom is -0.372 e.